The lowest BCUT2D eigenvalue weighted by Gasteiger charge is -2.28. The number of carbonyl (C=O) groups is 1. The lowest BCUT2D eigenvalue weighted by Crippen LogP contribution is -2.46. The molecule has 0 aliphatic rings. The molecule has 0 aliphatic heterocycles. The van der Waals surface area contributed by atoms with Crippen molar-refractivity contribution in [1.29, 1.82) is 0 Å². The molecule has 0 saturated heterocycles. The Kier molecular flexibility index (Phi) is 5.90. The molecule has 2 heterocycles. The predicted molar refractivity (Wildman–Crippen MR) is 89.3 cm³/mol. The molecule has 0 saturated carbocycles. The maximum absolute atomic E-state index is 12.3. The number of nitrogens with one attached hydrogen (secondary N) is 1. The molecule has 2 aromatic rings. The van der Waals surface area contributed by atoms with Crippen LogP contribution in [0.25, 0.3) is 0 Å². The highest BCUT2D eigenvalue weighted by molar-refractivity contribution is 7.98. The van der Waals surface area contributed by atoms with Crippen LogP contribution in [0.15, 0.2) is 34.1 Å². The fraction of sp³-hybridized carbons (Fsp3) is 0.500. The highest BCUT2D eigenvalue weighted by Crippen LogP contribution is 2.22. The van der Waals surface area contributed by atoms with Crippen LogP contribution >= 0.6 is 11.8 Å². The largest absolute Gasteiger partial charge is 0.455 e. The van der Waals surface area contributed by atoms with E-state index in [2.05, 4.69) is 10.3 Å². The van der Waals surface area contributed by atoms with E-state index in [0.29, 0.717) is 12.2 Å². The number of aliphatic hydroxyl groups excluding tert-OH is 1. The van der Waals surface area contributed by atoms with Crippen molar-refractivity contribution >= 4 is 17.7 Å². The summed E-state index contributed by atoms with van der Waals surface area (Å²) in [5.74, 6) is 1.37. The minimum absolute atomic E-state index is 0.0360. The lowest BCUT2D eigenvalue weighted by atomic mass is 9.95. The van der Waals surface area contributed by atoms with Crippen LogP contribution in [0.4, 0.5) is 0 Å². The Morgan fingerprint density at radius 3 is 2.91 bits per heavy atom. The molecule has 0 spiro atoms. The van der Waals surface area contributed by atoms with Gasteiger partial charge < -0.3 is 19.4 Å². The zero-order chi connectivity index (χ0) is 16.9. The molecule has 2 aromatic heterocycles. The topological polar surface area (TPSA) is 80.3 Å². The second kappa shape index (κ2) is 7.70. The van der Waals surface area contributed by atoms with Gasteiger partial charge in [-0.3, -0.25) is 4.79 Å². The van der Waals surface area contributed by atoms with E-state index >= 15 is 0 Å². The summed E-state index contributed by atoms with van der Waals surface area (Å²) in [4.78, 5) is 16.5. The van der Waals surface area contributed by atoms with Gasteiger partial charge in [-0.1, -0.05) is 18.7 Å². The Morgan fingerprint density at radius 2 is 2.30 bits per heavy atom. The number of thioether (sulfide) groups is 1. The maximum Gasteiger partial charge on any atom is 0.287 e. The smallest absolute Gasteiger partial charge is 0.287 e. The average Bonchev–Trinajstić information content (AvgIpc) is 3.14. The van der Waals surface area contributed by atoms with Crippen molar-refractivity contribution < 1.29 is 14.3 Å². The Labute approximate surface area is 140 Å². The normalized spacial score (nSPS) is 13.7. The van der Waals surface area contributed by atoms with Crippen molar-refractivity contribution in [3.63, 3.8) is 0 Å². The van der Waals surface area contributed by atoms with E-state index in [9.17, 15) is 4.79 Å². The van der Waals surface area contributed by atoms with Crippen LogP contribution in [-0.2, 0) is 12.8 Å². The van der Waals surface area contributed by atoms with E-state index in [4.69, 9.17) is 9.52 Å². The Balaban J connectivity index is 1.95. The lowest BCUT2D eigenvalue weighted by molar-refractivity contribution is 0.0856. The molecule has 0 fully saturated rings. The van der Waals surface area contributed by atoms with Gasteiger partial charge in [0.25, 0.3) is 5.91 Å². The van der Waals surface area contributed by atoms with Crippen molar-refractivity contribution in [3.8, 4) is 0 Å². The number of aromatic nitrogens is 2. The first kappa shape index (κ1) is 17.6. The van der Waals surface area contributed by atoms with E-state index in [-0.39, 0.29) is 18.3 Å². The number of imidazole rings is 1. The van der Waals surface area contributed by atoms with E-state index in [1.807, 2.05) is 31.7 Å². The third kappa shape index (κ3) is 4.62. The summed E-state index contributed by atoms with van der Waals surface area (Å²) < 4.78 is 7.55. The molecule has 6 nitrogen and oxygen atoms in total. The molecule has 0 aliphatic carbocycles. The number of aryl methyl sites for hydroxylation is 1. The first-order valence-electron chi connectivity index (χ1n) is 7.59. The summed E-state index contributed by atoms with van der Waals surface area (Å²) in [6, 6.07) is 3.48. The molecule has 1 amide bonds. The third-order valence-electron chi connectivity index (χ3n) is 3.87. The van der Waals surface area contributed by atoms with Gasteiger partial charge in [0.1, 0.15) is 5.76 Å². The number of aliphatic hydroxyl groups is 1. The Bertz CT molecular complexity index is 653. The fourth-order valence-electron chi connectivity index (χ4n) is 2.11. The molecular weight excluding hydrogens is 314 g/mol. The maximum atomic E-state index is 12.3. The number of hydrogen-bond donors (Lipinski definition) is 2. The number of hydrogen-bond acceptors (Lipinski definition) is 5. The van der Waals surface area contributed by atoms with Crippen molar-refractivity contribution in [2.75, 3.05) is 6.61 Å². The highest BCUT2D eigenvalue weighted by atomic mass is 32.2. The minimum Gasteiger partial charge on any atom is -0.455 e. The first-order chi connectivity index (χ1) is 11.0. The Hall–Kier alpha value is -1.73. The number of carbonyl (C=O) groups excluding carboxylic acids is 1. The van der Waals surface area contributed by atoms with Crippen LogP contribution in [0.2, 0.25) is 0 Å². The summed E-state index contributed by atoms with van der Waals surface area (Å²) in [6.45, 7) is 3.93. The first-order valence-corrected chi connectivity index (χ1v) is 8.58. The standard InChI is InChI=1S/C16H23N3O3S/c1-4-16(2,7-10-20)18-14(21)13-6-5-12(22-13)11-23-15-17-8-9-19(15)3/h5-6,8-9,20H,4,7,10-11H2,1-3H3,(H,18,21). The van der Waals surface area contributed by atoms with E-state index in [0.717, 1.165) is 17.3 Å². The van der Waals surface area contributed by atoms with E-state index < -0.39 is 5.54 Å². The number of furan rings is 1. The zero-order valence-corrected chi connectivity index (χ0v) is 14.5. The molecule has 0 radical (unpaired) electrons. The fourth-order valence-corrected chi connectivity index (χ4v) is 2.94. The van der Waals surface area contributed by atoms with Gasteiger partial charge in [-0.2, -0.15) is 0 Å². The molecule has 1 unspecified atom stereocenters. The summed E-state index contributed by atoms with van der Waals surface area (Å²) in [5.41, 5.74) is -0.430. The van der Waals surface area contributed by atoms with Crippen molar-refractivity contribution in [1.82, 2.24) is 14.9 Å². The van der Waals surface area contributed by atoms with E-state index in [1.165, 1.54) is 0 Å². The van der Waals surface area contributed by atoms with Crippen LogP contribution in [0.5, 0.6) is 0 Å². The minimum atomic E-state index is -0.430. The van der Waals surface area contributed by atoms with Gasteiger partial charge in [0.2, 0.25) is 0 Å². The van der Waals surface area contributed by atoms with Gasteiger partial charge in [0.15, 0.2) is 10.9 Å². The molecule has 126 valence electrons. The number of rotatable bonds is 8. The SMILES string of the molecule is CCC(C)(CCO)NC(=O)c1ccc(CSc2nccn2C)o1. The average molecular weight is 337 g/mol. The molecular formula is C16H23N3O3S. The van der Waals surface area contributed by atoms with Gasteiger partial charge in [0.05, 0.1) is 5.75 Å². The van der Waals surface area contributed by atoms with Gasteiger partial charge in [-0.15, -0.1) is 0 Å². The monoisotopic (exact) mass is 337 g/mol. The van der Waals surface area contributed by atoms with Gasteiger partial charge >= 0.3 is 0 Å². The summed E-state index contributed by atoms with van der Waals surface area (Å²) in [5, 5.41) is 13.0. The van der Waals surface area contributed by atoms with Gasteiger partial charge in [0, 0.05) is 31.6 Å². The second-order valence-corrected chi connectivity index (χ2v) is 6.66. The molecule has 23 heavy (non-hydrogen) atoms. The molecule has 2 rings (SSSR count). The Morgan fingerprint density at radius 1 is 1.52 bits per heavy atom. The molecule has 2 N–H and O–H groups in total. The second-order valence-electron chi connectivity index (χ2n) is 5.72. The van der Waals surface area contributed by atoms with Gasteiger partial charge in [-0.05, 0) is 31.9 Å². The third-order valence-corrected chi connectivity index (χ3v) is 4.95. The summed E-state index contributed by atoms with van der Waals surface area (Å²) in [7, 11) is 1.93. The number of amides is 1. The summed E-state index contributed by atoms with van der Waals surface area (Å²) in [6.07, 6.45) is 4.88. The summed E-state index contributed by atoms with van der Waals surface area (Å²) >= 11 is 1.55. The van der Waals surface area contributed by atoms with Gasteiger partial charge in [-0.25, -0.2) is 4.98 Å². The zero-order valence-electron chi connectivity index (χ0n) is 13.7. The predicted octanol–water partition coefficient (Wildman–Crippen LogP) is 2.59. The molecule has 1 atom stereocenters. The van der Waals surface area contributed by atoms with Crippen LogP contribution in [-0.4, -0.2) is 32.7 Å². The quantitative estimate of drug-likeness (QED) is 0.724. The van der Waals surface area contributed by atoms with Crippen LogP contribution < -0.4 is 5.32 Å². The number of nitrogens with zero attached hydrogens (tertiary/aromatic N) is 2. The van der Waals surface area contributed by atoms with E-state index in [1.54, 1.807) is 30.1 Å². The van der Waals surface area contributed by atoms with Crippen LogP contribution in [0.1, 0.15) is 43.0 Å². The highest BCUT2D eigenvalue weighted by Gasteiger charge is 2.25. The van der Waals surface area contributed by atoms with Crippen LogP contribution in [0, 0.1) is 0 Å². The molecule has 0 aromatic carbocycles. The van der Waals surface area contributed by atoms with Crippen molar-refractivity contribution in [2.45, 2.75) is 43.1 Å². The van der Waals surface area contributed by atoms with Crippen molar-refractivity contribution in [3.05, 3.63) is 36.0 Å². The van der Waals surface area contributed by atoms with Crippen LogP contribution in [0.3, 0.4) is 0 Å². The van der Waals surface area contributed by atoms with Crippen molar-refractivity contribution in [2.24, 2.45) is 7.05 Å². The molecule has 0 bridgehead atoms. The molecule has 7 heteroatoms.